The standard InChI is InChI=1S/C10H16N6O2/c11-8-2-1-7(14-5-9(17)18)3-6(8)4-15-16-10(12)13/h1-4,9,14,17-18H,5,11H2,(H4,12,13,16). The summed E-state index contributed by atoms with van der Waals surface area (Å²) in [6.07, 6.45) is -0.0309. The van der Waals surface area contributed by atoms with Gasteiger partial charge < -0.3 is 32.7 Å². The number of rotatable bonds is 5. The van der Waals surface area contributed by atoms with Gasteiger partial charge in [-0.3, -0.25) is 0 Å². The summed E-state index contributed by atoms with van der Waals surface area (Å²) in [6.45, 7) is 0.00834. The number of hydrogen-bond donors (Lipinski definition) is 6. The molecule has 0 atom stereocenters. The third-order valence-corrected chi connectivity index (χ3v) is 1.95. The first-order chi connectivity index (χ1) is 8.49. The van der Waals surface area contributed by atoms with Crippen LogP contribution in [0, 0.1) is 0 Å². The summed E-state index contributed by atoms with van der Waals surface area (Å²) in [4.78, 5) is 0. The lowest BCUT2D eigenvalue weighted by Gasteiger charge is -2.09. The van der Waals surface area contributed by atoms with Crippen molar-refractivity contribution in [3.63, 3.8) is 0 Å². The molecule has 0 heterocycles. The predicted molar refractivity (Wildman–Crippen MR) is 71.0 cm³/mol. The van der Waals surface area contributed by atoms with Crippen molar-refractivity contribution in [1.29, 1.82) is 0 Å². The number of anilines is 2. The molecule has 1 aromatic rings. The average Bonchev–Trinajstić information content (AvgIpc) is 2.29. The van der Waals surface area contributed by atoms with E-state index in [0.717, 1.165) is 0 Å². The highest BCUT2D eigenvalue weighted by molar-refractivity contribution is 5.89. The van der Waals surface area contributed by atoms with Crippen molar-refractivity contribution >= 4 is 23.5 Å². The lowest BCUT2D eigenvalue weighted by Crippen LogP contribution is -2.21. The molecule has 0 aromatic heterocycles. The SMILES string of the molecule is NC(N)=NN=Cc1cc(NCC(O)O)ccc1N. The molecule has 8 nitrogen and oxygen atoms in total. The van der Waals surface area contributed by atoms with E-state index in [1.807, 2.05) is 0 Å². The molecule has 0 fully saturated rings. The van der Waals surface area contributed by atoms with Crippen LogP contribution >= 0.6 is 0 Å². The van der Waals surface area contributed by atoms with Crippen molar-refractivity contribution in [2.45, 2.75) is 6.29 Å². The number of guanidine groups is 1. The second kappa shape index (κ2) is 6.42. The molecule has 9 N–H and O–H groups in total. The van der Waals surface area contributed by atoms with E-state index >= 15 is 0 Å². The highest BCUT2D eigenvalue weighted by atomic mass is 16.5. The number of nitrogens with one attached hydrogen (secondary N) is 1. The minimum atomic E-state index is -1.43. The van der Waals surface area contributed by atoms with Crippen molar-refractivity contribution in [1.82, 2.24) is 0 Å². The van der Waals surface area contributed by atoms with Crippen LogP contribution in [0.15, 0.2) is 28.4 Å². The van der Waals surface area contributed by atoms with Gasteiger partial charge in [-0.15, -0.1) is 5.10 Å². The van der Waals surface area contributed by atoms with E-state index in [1.54, 1.807) is 18.2 Å². The third kappa shape index (κ3) is 4.68. The number of benzene rings is 1. The Balaban J connectivity index is 2.81. The van der Waals surface area contributed by atoms with Crippen molar-refractivity contribution in [3.05, 3.63) is 23.8 Å². The van der Waals surface area contributed by atoms with Gasteiger partial charge in [0.25, 0.3) is 0 Å². The Morgan fingerprint density at radius 2 is 2.11 bits per heavy atom. The lowest BCUT2D eigenvalue weighted by atomic mass is 10.1. The van der Waals surface area contributed by atoms with Gasteiger partial charge in [-0.2, -0.15) is 5.10 Å². The van der Waals surface area contributed by atoms with Crippen LogP contribution < -0.4 is 22.5 Å². The van der Waals surface area contributed by atoms with Crippen molar-refractivity contribution in [3.8, 4) is 0 Å². The number of aliphatic hydroxyl groups is 2. The molecule has 0 aliphatic rings. The van der Waals surface area contributed by atoms with Crippen LogP contribution in [0.2, 0.25) is 0 Å². The van der Waals surface area contributed by atoms with E-state index in [-0.39, 0.29) is 12.5 Å². The molecule has 0 aliphatic carbocycles. The van der Waals surface area contributed by atoms with E-state index in [9.17, 15) is 0 Å². The molecule has 18 heavy (non-hydrogen) atoms. The van der Waals surface area contributed by atoms with Crippen LogP contribution in [0.5, 0.6) is 0 Å². The summed E-state index contributed by atoms with van der Waals surface area (Å²) in [5.74, 6) is -0.150. The zero-order valence-electron chi connectivity index (χ0n) is 9.61. The average molecular weight is 252 g/mol. The topological polar surface area (TPSA) is 155 Å². The van der Waals surface area contributed by atoms with Crippen molar-refractivity contribution in [2.24, 2.45) is 21.7 Å². The van der Waals surface area contributed by atoms with Crippen molar-refractivity contribution in [2.75, 3.05) is 17.6 Å². The van der Waals surface area contributed by atoms with Gasteiger partial charge in [0.1, 0.15) is 0 Å². The van der Waals surface area contributed by atoms with Gasteiger partial charge in [0, 0.05) is 16.9 Å². The van der Waals surface area contributed by atoms with E-state index in [2.05, 4.69) is 15.5 Å². The molecule has 98 valence electrons. The molecular weight excluding hydrogens is 236 g/mol. The van der Waals surface area contributed by atoms with Gasteiger partial charge >= 0.3 is 0 Å². The van der Waals surface area contributed by atoms with Crippen LogP contribution in [0.1, 0.15) is 5.56 Å². The summed E-state index contributed by atoms with van der Waals surface area (Å²) in [6, 6.07) is 5.04. The van der Waals surface area contributed by atoms with Gasteiger partial charge in [-0.05, 0) is 18.2 Å². The first kappa shape index (κ1) is 13.7. The van der Waals surface area contributed by atoms with Gasteiger partial charge in [0.2, 0.25) is 5.96 Å². The molecule has 1 aromatic carbocycles. The maximum Gasteiger partial charge on any atom is 0.211 e. The predicted octanol–water partition coefficient (Wildman–Crippen LogP) is -1.40. The Morgan fingerprint density at radius 1 is 1.39 bits per heavy atom. The summed E-state index contributed by atoms with van der Waals surface area (Å²) in [5.41, 5.74) is 17.8. The number of nitrogen functional groups attached to an aromatic ring is 1. The summed E-state index contributed by atoms with van der Waals surface area (Å²) < 4.78 is 0. The van der Waals surface area contributed by atoms with Crippen molar-refractivity contribution < 1.29 is 10.2 Å². The molecule has 0 saturated carbocycles. The van der Waals surface area contributed by atoms with Crippen LogP contribution in [0.25, 0.3) is 0 Å². The normalized spacial score (nSPS) is 10.8. The van der Waals surface area contributed by atoms with E-state index < -0.39 is 6.29 Å². The maximum absolute atomic E-state index is 8.74. The fraction of sp³-hybridized carbons (Fsp3) is 0.200. The third-order valence-electron chi connectivity index (χ3n) is 1.95. The summed E-state index contributed by atoms with van der Waals surface area (Å²) in [5, 5.41) is 27.4. The number of aliphatic hydroxyl groups excluding tert-OH is 1. The van der Waals surface area contributed by atoms with Crippen LogP contribution in [0.4, 0.5) is 11.4 Å². The zero-order chi connectivity index (χ0) is 13.5. The second-order valence-electron chi connectivity index (χ2n) is 3.47. The van der Waals surface area contributed by atoms with Crippen LogP contribution in [-0.2, 0) is 0 Å². The maximum atomic E-state index is 8.74. The first-order valence-corrected chi connectivity index (χ1v) is 5.10. The summed E-state index contributed by atoms with van der Waals surface area (Å²) in [7, 11) is 0. The minimum Gasteiger partial charge on any atom is -0.398 e. The Labute approximate surface area is 104 Å². The Hall–Kier alpha value is -2.32. The largest absolute Gasteiger partial charge is 0.398 e. The monoisotopic (exact) mass is 252 g/mol. The highest BCUT2D eigenvalue weighted by Gasteiger charge is 2.01. The molecular formula is C10H16N6O2. The van der Waals surface area contributed by atoms with Gasteiger partial charge in [0.15, 0.2) is 6.29 Å². The molecule has 0 aliphatic heterocycles. The first-order valence-electron chi connectivity index (χ1n) is 5.10. The van der Waals surface area contributed by atoms with E-state index in [1.165, 1.54) is 6.21 Å². The highest BCUT2D eigenvalue weighted by Crippen LogP contribution is 2.16. The molecule has 8 heteroatoms. The van der Waals surface area contributed by atoms with Gasteiger partial charge in [-0.25, -0.2) is 0 Å². The Kier molecular flexibility index (Phi) is 4.90. The molecule has 1 rings (SSSR count). The molecule has 0 unspecified atom stereocenters. The van der Waals surface area contributed by atoms with Gasteiger partial charge in [-0.1, -0.05) is 0 Å². The quantitative estimate of drug-likeness (QED) is 0.124. The molecule has 0 bridgehead atoms. The molecule has 0 spiro atoms. The minimum absolute atomic E-state index is 0.00834. The molecule has 0 radical (unpaired) electrons. The number of hydrogen-bond acceptors (Lipinski definition) is 6. The Morgan fingerprint density at radius 3 is 2.72 bits per heavy atom. The summed E-state index contributed by atoms with van der Waals surface area (Å²) >= 11 is 0. The fourth-order valence-corrected chi connectivity index (χ4v) is 1.16. The number of nitrogens with zero attached hydrogens (tertiary/aromatic N) is 2. The second-order valence-corrected chi connectivity index (χ2v) is 3.47. The van der Waals surface area contributed by atoms with E-state index in [4.69, 9.17) is 27.4 Å². The zero-order valence-corrected chi connectivity index (χ0v) is 9.61. The lowest BCUT2D eigenvalue weighted by molar-refractivity contribution is -0.0275. The van der Waals surface area contributed by atoms with E-state index in [0.29, 0.717) is 16.9 Å². The molecule has 0 saturated heterocycles. The van der Waals surface area contributed by atoms with Gasteiger partial charge in [0.05, 0.1) is 12.8 Å². The fourth-order valence-electron chi connectivity index (χ4n) is 1.16. The molecule has 0 amide bonds. The van der Waals surface area contributed by atoms with Crippen LogP contribution in [-0.4, -0.2) is 35.2 Å². The van der Waals surface area contributed by atoms with Crippen LogP contribution in [0.3, 0.4) is 0 Å². The Bertz CT molecular complexity index is 454. The smallest absolute Gasteiger partial charge is 0.211 e. The number of nitrogens with two attached hydrogens (primary N) is 3.